The highest BCUT2D eigenvalue weighted by atomic mass is 35.5. The number of aryl methyl sites for hydroxylation is 2. The summed E-state index contributed by atoms with van der Waals surface area (Å²) in [4.78, 5) is 29.2. The summed E-state index contributed by atoms with van der Waals surface area (Å²) in [6, 6.07) is 7.41. The average molecular weight is 358 g/mol. The molecule has 1 aliphatic carbocycles. The molecule has 1 saturated carbocycles. The first kappa shape index (κ1) is 17.4. The van der Waals surface area contributed by atoms with Crippen LogP contribution >= 0.6 is 11.6 Å². The largest absolute Gasteiger partial charge is 0.351 e. The minimum Gasteiger partial charge on any atom is -0.351 e. The maximum atomic E-state index is 12.7. The zero-order valence-corrected chi connectivity index (χ0v) is 15.0. The van der Waals surface area contributed by atoms with Crippen LogP contribution in [0, 0.1) is 19.3 Å². The fourth-order valence-corrected chi connectivity index (χ4v) is 3.21. The minimum absolute atomic E-state index is 0.248. The van der Waals surface area contributed by atoms with Gasteiger partial charge in [-0.2, -0.15) is 0 Å². The highest BCUT2D eigenvalue weighted by Crippen LogP contribution is 2.47. The van der Waals surface area contributed by atoms with E-state index >= 15 is 0 Å². The zero-order valence-electron chi connectivity index (χ0n) is 14.2. The van der Waals surface area contributed by atoms with E-state index < -0.39 is 5.41 Å². The number of rotatable bonds is 5. The first-order valence-corrected chi connectivity index (χ1v) is 8.55. The molecule has 6 heteroatoms. The van der Waals surface area contributed by atoms with Crippen molar-refractivity contribution in [1.29, 1.82) is 0 Å². The summed E-state index contributed by atoms with van der Waals surface area (Å²) in [7, 11) is 0. The van der Waals surface area contributed by atoms with Crippen molar-refractivity contribution >= 4 is 29.1 Å². The fraction of sp³-hybridized carbons (Fsp3) is 0.316. The molecule has 0 bridgehead atoms. The van der Waals surface area contributed by atoms with Crippen molar-refractivity contribution in [3.8, 4) is 0 Å². The molecule has 1 aliphatic rings. The highest BCUT2D eigenvalue weighted by molar-refractivity contribution is 6.34. The van der Waals surface area contributed by atoms with Gasteiger partial charge in [0.2, 0.25) is 11.8 Å². The molecule has 0 aliphatic heterocycles. The van der Waals surface area contributed by atoms with Crippen molar-refractivity contribution in [2.75, 3.05) is 5.32 Å². The molecule has 0 radical (unpaired) electrons. The Hall–Kier alpha value is -2.40. The van der Waals surface area contributed by atoms with Crippen LogP contribution in [-0.2, 0) is 16.1 Å². The molecule has 5 nitrogen and oxygen atoms in total. The number of nitrogens with zero attached hydrogens (tertiary/aromatic N) is 1. The summed E-state index contributed by atoms with van der Waals surface area (Å²) < 4.78 is 0. The third kappa shape index (κ3) is 3.66. The van der Waals surface area contributed by atoms with Gasteiger partial charge in [0.05, 0.1) is 10.7 Å². The Balaban J connectivity index is 1.68. The van der Waals surface area contributed by atoms with Crippen LogP contribution < -0.4 is 10.6 Å². The van der Waals surface area contributed by atoms with Gasteiger partial charge in [0, 0.05) is 18.9 Å². The summed E-state index contributed by atoms with van der Waals surface area (Å²) in [5.74, 6) is -0.545. The summed E-state index contributed by atoms with van der Waals surface area (Å²) >= 11 is 6.25. The van der Waals surface area contributed by atoms with E-state index in [1.165, 1.54) is 0 Å². The molecular weight excluding hydrogens is 338 g/mol. The molecule has 1 aromatic heterocycles. The summed E-state index contributed by atoms with van der Waals surface area (Å²) in [5.41, 5.74) is 2.43. The van der Waals surface area contributed by atoms with Gasteiger partial charge in [-0.1, -0.05) is 17.7 Å². The standard InChI is InChI=1S/C19H20ClN3O2/c1-12-9-13(2)16(15(20)10-12)23-18(25)19(5-6-19)17(24)22-11-14-3-7-21-8-4-14/h3-4,7-10H,5-6,11H2,1-2H3,(H,22,24)(H,23,25). The van der Waals surface area contributed by atoms with Gasteiger partial charge in [-0.25, -0.2) is 0 Å². The number of carbonyl (C=O) groups is 2. The monoisotopic (exact) mass is 357 g/mol. The number of halogens is 1. The van der Waals surface area contributed by atoms with Gasteiger partial charge in [-0.15, -0.1) is 0 Å². The van der Waals surface area contributed by atoms with E-state index in [9.17, 15) is 9.59 Å². The van der Waals surface area contributed by atoms with Crippen LogP contribution in [0.2, 0.25) is 5.02 Å². The van der Waals surface area contributed by atoms with Crippen molar-refractivity contribution in [3.63, 3.8) is 0 Å². The molecule has 25 heavy (non-hydrogen) atoms. The Bertz CT molecular complexity index is 794. The number of benzene rings is 1. The molecular formula is C19H20ClN3O2. The number of hydrogen-bond acceptors (Lipinski definition) is 3. The van der Waals surface area contributed by atoms with Gasteiger partial charge < -0.3 is 10.6 Å². The van der Waals surface area contributed by atoms with E-state index in [2.05, 4.69) is 15.6 Å². The molecule has 1 aromatic carbocycles. The lowest BCUT2D eigenvalue weighted by Gasteiger charge is -2.17. The van der Waals surface area contributed by atoms with Gasteiger partial charge in [-0.05, 0) is 61.6 Å². The van der Waals surface area contributed by atoms with E-state index in [0.29, 0.717) is 30.1 Å². The predicted octanol–water partition coefficient (Wildman–Crippen LogP) is 3.39. The van der Waals surface area contributed by atoms with Gasteiger partial charge in [0.1, 0.15) is 5.41 Å². The first-order valence-electron chi connectivity index (χ1n) is 8.18. The zero-order chi connectivity index (χ0) is 18.0. The molecule has 0 spiro atoms. The van der Waals surface area contributed by atoms with Gasteiger partial charge in [0.25, 0.3) is 0 Å². The van der Waals surface area contributed by atoms with Crippen molar-refractivity contribution < 1.29 is 9.59 Å². The summed E-state index contributed by atoms with van der Waals surface area (Å²) in [6.45, 7) is 4.21. The molecule has 130 valence electrons. The number of anilines is 1. The Kier molecular flexibility index (Phi) is 4.77. The van der Waals surface area contributed by atoms with Gasteiger partial charge in [0.15, 0.2) is 0 Å². The number of hydrogen-bond donors (Lipinski definition) is 2. The highest BCUT2D eigenvalue weighted by Gasteiger charge is 2.56. The second-order valence-electron chi connectivity index (χ2n) is 6.51. The fourth-order valence-electron chi connectivity index (χ4n) is 2.84. The molecule has 0 saturated heterocycles. The lowest BCUT2D eigenvalue weighted by molar-refractivity contribution is -0.134. The van der Waals surface area contributed by atoms with Gasteiger partial charge >= 0.3 is 0 Å². The van der Waals surface area contributed by atoms with E-state index in [0.717, 1.165) is 16.7 Å². The lowest BCUT2D eigenvalue weighted by Crippen LogP contribution is -2.39. The van der Waals surface area contributed by atoms with E-state index in [4.69, 9.17) is 11.6 Å². The lowest BCUT2D eigenvalue weighted by atomic mass is 10.0. The first-order chi connectivity index (χ1) is 11.9. The number of amides is 2. The third-order valence-corrected chi connectivity index (χ3v) is 4.79. The van der Waals surface area contributed by atoms with E-state index in [1.54, 1.807) is 18.5 Å². The molecule has 0 unspecified atom stereocenters. The Morgan fingerprint density at radius 1 is 1.16 bits per heavy atom. The smallest absolute Gasteiger partial charge is 0.240 e. The third-order valence-electron chi connectivity index (χ3n) is 4.49. The maximum absolute atomic E-state index is 12.7. The molecule has 0 atom stereocenters. The Morgan fingerprint density at radius 3 is 2.44 bits per heavy atom. The summed E-state index contributed by atoms with van der Waals surface area (Å²) in [6.07, 6.45) is 4.43. The van der Waals surface area contributed by atoms with Crippen molar-refractivity contribution in [1.82, 2.24) is 10.3 Å². The van der Waals surface area contributed by atoms with Crippen LogP contribution in [0.15, 0.2) is 36.7 Å². The van der Waals surface area contributed by atoms with Crippen LogP contribution in [0.25, 0.3) is 0 Å². The van der Waals surface area contributed by atoms with Crippen molar-refractivity contribution in [3.05, 3.63) is 58.4 Å². The molecule has 2 aromatic rings. The van der Waals surface area contributed by atoms with E-state index in [-0.39, 0.29) is 11.8 Å². The predicted molar refractivity (Wildman–Crippen MR) is 97.3 cm³/mol. The second kappa shape index (κ2) is 6.84. The Morgan fingerprint density at radius 2 is 1.84 bits per heavy atom. The molecule has 1 heterocycles. The van der Waals surface area contributed by atoms with Crippen molar-refractivity contribution in [2.45, 2.75) is 33.2 Å². The molecule has 3 rings (SSSR count). The van der Waals surface area contributed by atoms with Crippen LogP contribution in [0.5, 0.6) is 0 Å². The van der Waals surface area contributed by atoms with Gasteiger partial charge in [-0.3, -0.25) is 14.6 Å². The van der Waals surface area contributed by atoms with E-state index in [1.807, 2.05) is 32.0 Å². The molecule has 2 amide bonds. The van der Waals surface area contributed by atoms with Crippen LogP contribution in [0.3, 0.4) is 0 Å². The number of aromatic nitrogens is 1. The summed E-state index contributed by atoms with van der Waals surface area (Å²) in [5, 5.41) is 6.18. The van der Waals surface area contributed by atoms with Crippen LogP contribution in [0.4, 0.5) is 5.69 Å². The van der Waals surface area contributed by atoms with Crippen molar-refractivity contribution in [2.24, 2.45) is 5.41 Å². The normalized spacial score (nSPS) is 14.7. The van der Waals surface area contributed by atoms with Crippen LogP contribution in [-0.4, -0.2) is 16.8 Å². The number of pyridine rings is 1. The average Bonchev–Trinajstić information content (AvgIpc) is 3.38. The van der Waals surface area contributed by atoms with Crippen LogP contribution in [0.1, 0.15) is 29.5 Å². The number of nitrogens with one attached hydrogen (secondary N) is 2. The SMILES string of the molecule is Cc1cc(C)c(NC(=O)C2(C(=O)NCc3ccncc3)CC2)c(Cl)c1. The molecule has 1 fully saturated rings. The second-order valence-corrected chi connectivity index (χ2v) is 6.92. The Labute approximate surface area is 151 Å². The topological polar surface area (TPSA) is 71.1 Å². The molecule has 2 N–H and O–H groups in total. The number of carbonyl (C=O) groups excluding carboxylic acids is 2. The minimum atomic E-state index is -0.992. The maximum Gasteiger partial charge on any atom is 0.240 e. The quantitative estimate of drug-likeness (QED) is 0.806.